The summed E-state index contributed by atoms with van der Waals surface area (Å²) in [6.45, 7) is 4.47. The summed E-state index contributed by atoms with van der Waals surface area (Å²) in [7, 11) is 3.19. The molecular formula is C12H20ClN3O2. The van der Waals surface area contributed by atoms with Crippen LogP contribution in [-0.2, 0) is 15.9 Å². The summed E-state index contributed by atoms with van der Waals surface area (Å²) in [5.41, 5.74) is 0.836. The Bertz CT molecular complexity index is 384. The monoisotopic (exact) mass is 273 g/mol. The fraction of sp³-hybridized carbons (Fsp3) is 0.667. The summed E-state index contributed by atoms with van der Waals surface area (Å²) in [4.78, 5) is 8.69. The lowest BCUT2D eigenvalue weighted by atomic mass is 10.3. The van der Waals surface area contributed by atoms with Crippen LogP contribution >= 0.6 is 11.6 Å². The first-order valence-corrected chi connectivity index (χ1v) is 6.32. The van der Waals surface area contributed by atoms with Crippen molar-refractivity contribution >= 4 is 17.4 Å². The Morgan fingerprint density at radius 1 is 1.28 bits per heavy atom. The van der Waals surface area contributed by atoms with Gasteiger partial charge in [0.2, 0.25) is 0 Å². The van der Waals surface area contributed by atoms with Gasteiger partial charge in [-0.2, -0.15) is 0 Å². The molecule has 0 fully saturated rings. The second-order valence-electron chi connectivity index (χ2n) is 3.94. The van der Waals surface area contributed by atoms with Crippen molar-refractivity contribution in [2.75, 3.05) is 26.1 Å². The lowest BCUT2D eigenvalue weighted by molar-refractivity contribution is -0.0914. The number of aromatic nitrogens is 2. The molecular weight excluding hydrogens is 254 g/mol. The second kappa shape index (κ2) is 7.51. The third-order valence-corrected chi connectivity index (χ3v) is 2.94. The molecule has 6 heteroatoms. The van der Waals surface area contributed by atoms with Crippen molar-refractivity contribution < 1.29 is 9.47 Å². The zero-order chi connectivity index (χ0) is 13.5. The van der Waals surface area contributed by atoms with Crippen molar-refractivity contribution in [3.63, 3.8) is 0 Å². The molecule has 102 valence electrons. The Morgan fingerprint density at radius 3 is 2.50 bits per heavy atom. The van der Waals surface area contributed by atoms with Gasteiger partial charge in [0.25, 0.3) is 0 Å². The number of ether oxygens (including phenoxy) is 2. The largest absolute Gasteiger partial charge is 0.365 e. The maximum atomic E-state index is 6.08. The Kier molecular flexibility index (Phi) is 6.32. The highest BCUT2D eigenvalue weighted by Gasteiger charge is 2.11. The van der Waals surface area contributed by atoms with Gasteiger partial charge >= 0.3 is 0 Å². The van der Waals surface area contributed by atoms with Gasteiger partial charge in [0.1, 0.15) is 16.8 Å². The lowest BCUT2D eigenvalue weighted by Gasteiger charge is -2.16. The van der Waals surface area contributed by atoms with Crippen LogP contribution in [0.5, 0.6) is 0 Å². The van der Waals surface area contributed by atoms with Gasteiger partial charge in [-0.05, 0) is 13.3 Å². The van der Waals surface area contributed by atoms with Gasteiger partial charge in [-0.1, -0.05) is 18.5 Å². The quantitative estimate of drug-likeness (QED) is 0.611. The molecule has 18 heavy (non-hydrogen) atoms. The van der Waals surface area contributed by atoms with Crippen LogP contribution in [0.2, 0.25) is 5.15 Å². The lowest BCUT2D eigenvalue weighted by Crippen LogP contribution is -2.24. The van der Waals surface area contributed by atoms with Gasteiger partial charge in [-0.25, -0.2) is 9.97 Å². The van der Waals surface area contributed by atoms with E-state index in [1.54, 1.807) is 14.2 Å². The number of nitrogens with zero attached hydrogens (tertiary/aromatic N) is 2. The Morgan fingerprint density at radius 2 is 1.94 bits per heavy atom. The van der Waals surface area contributed by atoms with Crippen molar-refractivity contribution in [1.29, 1.82) is 0 Å². The fourth-order valence-electron chi connectivity index (χ4n) is 1.48. The first-order valence-electron chi connectivity index (χ1n) is 5.94. The highest BCUT2D eigenvalue weighted by Crippen LogP contribution is 2.20. The van der Waals surface area contributed by atoms with Gasteiger partial charge < -0.3 is 14.8 Å². The van der Waals surface area contributed by atoms with E-state index >= 15 is 0 Å². The number of aryl methyl sites for hydroxylation is 1. The topological polar surface area (TPSA) is 56.3 Å². The molecule has 1 N–H and O–H groups in total. The van der Waals surface area contributed by atoms with E-state index in [4.69, 9.17) is 21.1 Å². The van der Waals surface area contributed by atoms with E-state index in [0.29, 0.717) is 11.7 Å². The molecule has 0 bridgehead atoms. The maximum absolute atomic E-state index is 6.08. The van der Waals surface area contributed by atoms with E-state index in [-0.39, 0.29) is 6.29 Å². The average molecular weight is 274 g/mol. The van der Waals surface area contributed by atoms with Crippen molar-refractivity contribution in [2.24, 2.45) is 0 Å². The van der Waals surface area contributed by atoms with Crippen LogP contribution in [0.25, 0.3) is 0 Å². The summed E-state index contributed by atoms with van der Waals surface area (Å²) in [6, 6.07) is 0. The average Bonchev–Trinajstić information content (AvgIpc) is 2.36. The van der Waals surface area contributed by atoms with Gasteiger partial charge in [0, 0.05) is 26.2 Å². The van der Waals surface area contributed by atoms with Crippen LogP contribution in [0.1, 0.15) is 24.7 Å². The first kappa shape index (κ1) is 15.1. The molecule has 0 aliphatic carbocycles. The van der Waals surface area contributed by atoms with Crippen molar-refractivity contribution in [2.45, 2.75) is 33.0 Å². The minimum atomic E-state index is -0.312. The highest BCUT2D eigenvalue weighted by molar-refractivity contribution is 6.30. The van der Waals surface area contributed by atoms with E-state index in [1.165, 1.54) is 0 Å². The Labute approximate surface area is 113 Å². The number of nitrogens with one attached hydrogen (secondary N) is 1. The van der Waals surface area contributed by atoms with Crippen LogP contribution in [-0.4, -0.2) is 37.0 Å². The van der Waals surface area contributed by atoms with Crippen LogP contribution in [0, 0.1) is 6.92 Å². The SMILES string of the molecule is CCCc1nc(Cl)c(C)c(NCC(OC)OC)n1. The second-order valence-corrected chi connectivity index (χ2v) is 4.29. The van der Waals surface area contributed by atoms with Crippen LogP contribution in [0.3, 0.4) is 0 Å². The fourth-order valence-corrected chi connectivity index (χ4v) is 1.67. The summed E-state index contributed by atoms with van der Waals surface area (Å²) in [6.07, 6.45) is 1.48. The zero-order valence-electron chi connectivity index (χ0n) is 11.3. The van der Waals surface area contributed by atoms with Crippen LogP contribution in [0.15, 0.2) is 0 Å². The van der Waals surface area contributed by atoms with Crippen molar-refractivity contribution in [3.8, 4) is 0 Å². The number of rotatable bonds is 7. The smallest absolute Gasteiger partial charge is 0.173 e. The molecule has 1 aromatic rings. The highest BCUT2D eigenvalue weighted by atomic mass is 35.5. The van der Waals surface area contributed by atoms with Gasteiger partial charge in [-0.15, -0.1) is 0 Å². The number of halogens is 1. The Hall–Kier alpha value is -0.910. The molecule has 0 aliphatic rings. The van der Waals surface area contributed by atoms with E-state index in [1.807, 2.05) is 6.92 Å². The third kappa shape index (κ3) is 4.08. The molecule has 0 aromatic carbocycles. The van der Waals surface area contributed by atoms with E-state index in [9.17, 15) is 0 Å². The predicted octanol–water partition coefficient (Wildman–Crippen LogP) is 2.42. The summed E-state index contributed by atoms with van der Waals surface area (Å²) >= 11 is 6.08. The van der Waals surface area contributed by atoms with Crippen molar-refractivity contribution in [3.05, 3.63) is 16.5 Å². The van der Waals surface area contributed by atoms with E-state index < -0.39 is 0 Å². The molecule has 0 saturated heterocycles. The maximum Gasteiger partial charge on any atom is 0.173 e. The molecule has 0 unspecified atom stereocenters. The van der Waals surface area contributed by atoms with Crippen molar-refractivity contribution in [1.82, 2.24) is 9.97 Å². The van der Waals surface area contributed by atoms with E-state index in [0.717, 1.165) is 30.0 Å². The van der Waals surface area contributed by atoms with Gasteiger partial charge in [0.15, 0.2) is 6.29 Å². The molecule has 0 aliphatic heterocycles. The normalized spacial score (nSPS) is 11.0. The summed E-state index contributed by atoms with van der Waals surface area (Å²) in [5.74, 6) is 1.49. The molecule has 5 nitrogen and oxygen atoms in total. The minimum absolute atomic E-state index is 0.312. The first-order chi connectivity index (χ1) is 8.62. The molecule has 0 atom stereocenters. The minimum Gasteiger partial charge on any atom is -0.365 e. The molecule has 0 amide bonds. The Balaban J connectivity index is 2.80. The molecule has 1 heterocycles. The molecule has 1 aromatic heterocycles. The van der Waals surface area contributed by atoms with Gasteiger partial charge in [-0.3, -0.25) is 0 Å². The van der Waals surface area contributed by atoms with Gasteiger partial charge in [0.05, 0.1) is 6.54 Å². The van der Waals surface area contributed by atoms with Crippen LogP contribution < -0.4 is 5.32 Å². The predicted molar refractivity (Wildman–Crippen MR) is 72.1 cm³/mol. The molecule has 0 spiro atoms. The summed E-state index contributed by atoms with van der Waals surface area (Å²) in [5, 5.41) is 3.66. The standard InChI is InChI=1S/C12H20ClN3O2/c1-5-6-9-15-11(13)8(2)12(16-9)14-7-10(17-3)18-4/h10H,5-7H2,1-4H3,(H,14,15,16). The molecule has 0 radical (unpaired) electrons. The zero-order valence-corrected chi connectivity index (χ0v) is 12.0. The number of methoxy groups -OCH3 is 2. The number of hydrogen-bond donors (Lipinski definition) is 1. The molecule has 1 rings (SSSR count). The third-order valence-electron chi connectivity index (χ3n) is 2.57. The summed E-state index contributed by atoms with van der Waals surface area (Å²) < 4.78 is 10.2. The number of anilines is 1. The molecule has 0 saturated carbocycles. The van der Waals surface area contributed by atoms with Crippen LogP contribution in [0.4, 0.5) is 5.82 Å². The number of hydrogen-bond acceptors (Lipinski definition) is 5. The van der Waals surface area contributed by atoms with E-state index in [2.05, 4.69) is 22.2 Å².